The number of hydrogen-bond donors (Lipinski definition) is 0. The SMILES string of the molecule is C.C.C.C.CCC1(OC(=O)C2CC3CC2C(C2C(C)C4CC2C2C(=O)OC(=O)C42)C3C)CC2C3CCCC3C3CC231. The molecular formula is C36H58O5. The molecular weight excluding hydrogens is 512 g/mol. The summed E-state index contributed by atoms with van der Waals surface area (Å²) in [6.45, 7) is 6.99. The second-order valence-corrected chi connectivity index (χ2v) is 15.4. The Morgan fingerprint density at radius 3 is 2.05 bits per heavy atom. The highest BCUT2D eigenvalue weighted by Gasteiger charge is 2.85. The Morgan fingerprint density at radius 2 is 1.41 bits per heavy atom. The molecule has 17 atom stereocenters. The molecule has 232 valence electrons. The maximum Gasteiger partial charge on any atom is 0.317 e. The van der Waals surface area contributed by atoms with E-state index in [1.807, 2.05) is 0 Å². The van der Waals surface area contributed by atoms with Gasteiger partial charge in [-0.3, -0.25) is 14.4 Å². The Morgan fingerprint density at radius 1 is 0.805 bits per heavy atom. The minimum absolute atomic E-state index is 0. The molecule has 8 saturated carbocycles. The third-order valence-corrected chi connectivity index (χ3v) is 15.3. The molecule has 0 aromatic carbocycles. The summed E-state index contributed by atoms with van der Waals surface area (Å²) in [4.78, 5) is 39.1. The van der Waals surface area contributed by atoms with E-state index in [9.17, 15) is 14.4 Å². The summed E-state index contributed by atoms with van der Waals surface area (Å²) < 4.78 is 11.9. The molecule has 5 heteroatoms. The zero-order chi connectivity index (χ0) is 25.2. The van der Waals surface area contributed by atoms with Crippen LogP contribution >= 0.6 is 0 Å². The van der Waals surface area contributed by atoms with Gasteiger partial charge in [0.1, 0.15) is 5.60 Å². The first-order chi connectivity index (χ1) is 17.8. The van der Waals surface area contributed by atoms with E-state index in [2.05, 4.69) is 20.8 Å². The summed E-state index contributed by atoms with van der Waals surface area (Å²) in [5, 5.41) is 0. The minimum Gasteiger partial charge on any atom is -0.458 e. The molecule has 0 amide bonds. The zero-order valence-electron chi connectivity index (χ0n) is 22.6. The number of hydrogen-bond acceptors (Lipinski definition) is 5. The Kier molecular flexibility index (Phi) is 7.23. The van der Waals surface area contributed by atoms with Crippen molar-refractivity contribution in [1.82, 2.24) is 0 Å². The average molecular weight is 571 g/mol. The van der Waals surface area contributed by atoms with E-state index in [1.54, 1.807) is 0 Å². The van der Waals surface area contributed by atoms with Gasteiger partial charge in [-0.05, 0) is 122 Å². The molecule has 1 heterocycles. The molecule has 9 fully saturated rings. The second kappa shape index (κ2) is 9.55. The smallest absolute Gasteiger partial charge is 0.317 e. The predicted molar refractivity (Wildman–Crippen MR) is 160 cm³/mol. The number of esters is 3. The molecule has 9 rings (SSSR count). The van der Waals surface area contributed by atoms with Crippen LogP contribution in [0.4, 0.5) is 0 Å². The van der Waals surface area contributed by atoms with Crippen LogP contribution in [0.25, 0.3) is 0 Å². The first kappa shape index (κ1) is 31.0. The van der Waals surface area contributed by atoms with Crippen LogP contribution in [0.2, 0.25) is 0 Å². The number of fused-ring (bicyclic) bond motifs is 10. The zero-order valence-corrected chi connectivity index (χ0v) is 22.6. The highest BCUT2D eigenvalue weighted by molar-refractivity contribution is 5.97. The van der Waals surface area contributed by atoms with Crippen molar-refractivity contribution in [3.63, 3.8) is 0 Å². The van der Waals surface area contributed by atoms with Crippen LogP contribution in [-0.4, -0.2) is 23.5 Å². The normalized spacial score (nSPS) is 57.0. The van der Waals surface area contributed by atoms with Gasteiger partial charge in [-0.2, -0.15) is 0 Å². The number of ether oxygens (including phenoxy) is 2. The lowest BCUT2D eigenvalue weighted by Gasteiger charge is -2.56. The first-order valence-electron chi connectivity index (χ1n) is 15.8. The Bertz CT molecular complexity index is 1110. The molecule has 0 aromatic rings. The van der Waals surface area contributed by atoms with Crippen molar-refractivity contribution in [1.29, 1.82) is 0 Å². The lowest BCUT2D eigenvalue weighted by Crippen LogP contribution is -2.59. The molecule has 9 aliphatic rings. The van der Waals surface area contributed by atoms with Gasteiger partial charge in [-0.15, -0.1) is 0 Å². The molecule has 8 aliphatic carbocycles. The van der Waals surface area contributed by atoms with E-state index in [1.165, 1.54) is 25.7 Å². The maximum absolute atomic E-state index is 14.0. The quantitative estimate of drug-likeness (QED) is 0.255. The molecule has 0 aromatic heterocycles. The third kappa shape index (κ3) is 3.28. The van der Waals surface area contributed by atoms with Crippen LogP contribution in [0.3, 0.4) is 0 Å². The molecule has 17 unspecified atom stereocenters. The van der Waals surface area contributed by atoms with Gasteiger partial charge in [0, 0.05) is 5.41 Å². The van der Waals surface area contributed by atoms with Crippen molar-refractivity contribution >= 4 is 17.9 Å². The molecule has 4 bridgehead atoms. The van der Waals surface area contributed by atoms with Crippen molar-refractivity contribution in [2.24, 2.45) is 94.2 Å². The Hall–Kier alpha value is -1.39. The van der Waals surface area contributed by atoms with Crippen LogP contribution < -0.4 is 0 Å². The molecule has 1 aliphatic heterocycles. The van der Waals surface area contributed by atoms with Crippen LogP contribution in [0.5, 0.6) is 0 Å². The van der Waals surface area contributed by atoms with Gasteiger partial charge in [-0.1, -0.05) is 56.9 Å². The predicted octanol–water partition coefficient (Wildman–Crippen LogP) is 7.81. The van der Waals surface area contributed by atoms with Gasteiger partial charge >= 0.3 is 17.9 Å². The van der Waals surface area contributed by atoms with E-state index >= 15 is 0 Å². The van der Waals surface area contributed by atoms with E-state index < -0.39 is 0 Å². The first-order valence-corrected chi connectivity index (χ1v) is 15.8. The van der Waals surface area contributed by atoms with Crippen LogP contribution in [0.1, 0.15) is 108 Å². The number of carbonyl (C=O) groups excluding carboxylic acids is 3. The lowest BCUT2D eigenvalue weighted by molar-refractivity contribution is -0.215. The fraction of sp³-hybridized carbons (Fsp3) is 0.917. The summed E-state index contributed by atoms with van der Waals surface area (Å²) in [6.07, 6.45) is 10.8. The summed E-state index contributed by atoms with van der Waals surface area (Å²) in [6, 6.07) is 0. The molecule has 41 heavy (non-hydrogen) atoms. The Labute approximate surface area is 249 Å². The monoisotopic (exact) mass is 570 g/mol. The summed E-state index contributed by atoms with van der Waals surface area (Å²) >= 11 is 0. The third-order valence-electron chi connectivity index (χ3n) is 15.3. The summed E-state index contributed by atoms with van der Waals surface area (Å²) in [5.74, 6) is 6.08. The highest BCUT2D eigenvalue weighted by Crippen LogP contribution is 2.86. The molecule has 5 nitrogen and oxygen atoms in total. The van der Waals surface area contributed by atoms with Crippen molar-refractivity contribution < 1.29 is 23.9 Å². The van der Waals surface area contributed by atoms with Gasteiger partial charge in [0.05, 0.1) is 17.8 Å². The van der Waals surface area contributed by atoms with Crippen molar-refractivity contribution in [3.05, 3.63) is 0 Å². The number of cyclic esters (lactones) is 2. The maximum atomic E-state index is 14.0. The van der Waals surface area contributed by atoms with E-state index in [-0.39, 0.29) is 82.8 Å². The average Bonchev–Trinajstić information content (AvgIpc) is 3.49. The number of carbonyl (C=O) groups is 3. The minimum atomic E-state index is -0.271. The van der Waals surface area contributed by atoms with Crippen LogP contribution in [0, 0.1) is 94.2 Å². The summed E-state index contributed by atoms with van der Waals surface area (Å²) in [7, 11) is 0. The Balaban J connectivity index is 0.000000844. The van der Waals surface area contributed by atoms with Crippen molar-refractivity contribution in [3.8, 4) is 0 Å². The summed E-state index contributed by atoms with van der Waals surface area (Å²) in [5.41, 5.74) is 0.147. The number of rotatable bonds is 4. The van der Waals surface area contributed by atoms with E-state index in [0.717, 1.165) is 55.8 Å². The standard InChI is InChI=1S/C32H42O5.4CH4/c1-4-31(11-22-16-6-5-7-17(16)23-12-32(22,23)31)37-28(33)20-9-15-8-19(20)24(13(15)2)25-14(3)18-10-21(25)27-26(18)29(34)36-30(27)35;;;;/h13-27H,4-12H2,1-3H3;4*1H4. The molecule has 0 N–H and O–H groups in total. The molecule has 1 saturated heterocycles. The van der Waals surface area contributed by atoms with Crippen molar-refractivity contribution in [2.75, 3.05) is 0 Å². The van der Waals surface area contributed by atoms with Crippen molar-refractivity contribution in [2.45, 2.75) is 114 Å². The van der Waals surface area contributed by atoms with E-state index in [0.29, 0.717) is 40.9 Å². The van der Waals surface area contributed by atoms with Gasteiger partial charge in [0.15, 0.2) is 0 Å². The van der Waals surface area contributed by atoms with Gasteiger partial charge < -0.3 is 9.47 Å². The highest BCUT2D eigenvalue weighted by atomic mass is 16.6. The lowest BCUT2D eigenvalue weighted by atomic mass is 9.55. The van der Waals surface area contributed by atoms with Crippen LogP contribution in [-0.2, 0) is 23.9 Å². The van der Waals surface area contributed by atoms with Gasteiger partial charge in [0.25, 0.3) is 0 Å². The van der Waals surface area contributed by atoms with E-state index in [4.69, 9.17) is 9.47 Å². The fourth-order valence-corrected chi connectivity index (χ4v) is 14.1. The topological polar surface area (TPSA) is 69.7 Å². The fourth-order valence-electron chi connectivity index (χ4n) is 14.1. The van der Waals surface area contributed by atoms with Gasteiger partial charge in [0.2, 0.25) is 0 Å². The second-order valence-electron chi connectivity index (χ2n) is 15.4. The van der Waals surface area contributed by atoms with Crippen LogP contribution in [0.15, 0.2) is 0 Å². The van der Waals surface area contributed by atoms with Gasteiger partial charge in [-0.25, -0.2) is 0 Å². The molecule has 1 spiro atoms. The molecule has 0 radical (unpaired) electrons. The largest absolute Gasteiger partial charge is 0.458 e.